The number of rotatable bonds is 2. The van der Waals surface area contributed by atoms with Gasteiger partial charge < -0.3 is 9.55 Å². The van der Waals surface area contributed by atoms with Crippen molar-refractivity contribution in [2.75, 3.05) is 0 Å². The molecule has 0 aliphatic heterocycles. The molecule has 0 aromatic carbocycles. The Hall–Kier alpha value is -1.58. The van der Waals surface area contributed by atoms with E-state index < -0.39 is 0 Å². The molecule has 0 amide bonds. The molecule has 2 aromatic heterocycles. The van der Waals surface area contributed by atoms with E-state index in [1.165, 1.54) is 25.7 Å². The van der Waals surface area contributed by atoms with Crippen molar-refractivity contribution in [3.63, 3.8) is 0 Å². The van der Waals surface area contributed by atoms with E-state index >= 15 is 0 Å². The van der Waals surface area contributed by atoms with Crippen LogP contribution < -0.4 is 0 Å². The van der Waals surface area contributed by atoms with E-state index in [0.717, 1.165) is 23.5 Å². The summed E-state index contributed by atoms with van der Waals surface area (Å²) in [5, 5.41) is 0. The number of nitrogens with zero attached hydrogens (tertiary/aromatic N) is 3. The van der Waals surface area contributed by atoms with Crippen molar-refractivity contribution in [3.05, 3.63) is 24.8 Å². The molecule has 3 atom stereocenters. The lowest BCUT2D eigenvalue weighted by Gasteiger charge is -2.24. The molecular formula is C13H16N4. The van der Waals surface area contributed by atoms with Gasteiger partial charge in [-0.15, -0.1) is 0 Å². The van der Waals surface area contributed by atoms with Crippen molar-refractivity contribution in [1.82, 2.24) is 19.5 Å². The average molecular weight is 228 g/mol. The Morgan fingerprint density at radius 3 is 2.88 bits per heavy atom. The third-order valence-corrected chi connectivity index (χ3v) is 4.44. The van der Waals surface area contributed by atoms with Crippen LogP contribution in [-0.2, 0) is 0 Å². The lowest BCUT2D eigenvalue weighted by Crippen LogP contribution is -2.16. The molecule has 0 unspecified atom stereocenters. The molecule has 17 heavy (non-hydrogen) atoms. The first kappa shape index (κ1) is 9.45. The van der Waals surface area contributed by atoms with Crippen LogP contribution >= 0.6 is 0 Å². The normalized spacial score (nSPS) is 31.2. The van der Waals surface area contributed by atoms with Gasteiger partial charge in [0.1, 0.15) is 0 Å². The summed E-state index contributed by atoms with van der Waals surface area (Å²) in [7, 11) is 0. The van der Waals surface area contributed by atoms with Gasteiger partial charge in [-0.05, 0) is 31.1 Å². The van der Waals surface area contributed by atoms with Crippen molar-refractivity contribution in [1.29, 1.82) is 0 Å². The predicted molar refractivity (Wildman–Crippen MR) is 64.3 cm³/mol. The van der Waals surface area contributed by atoms with E-state index in [9.17, 15) is 0 Å². The minimum Gasteiger partial charge on any atom is -0.342 e. The topological polar surface area (TPSA) is 46.5 Å². The first-order valence-corrected chi connectivity index (χ1v) is 6.44. The van der Waals surface area contributed by atoms with E-state index in [4.69, 9.17) is 0 Å². The maximum Gasteiger partial charge on any atom is 0.176 e. The van der Waals surface area contributed by atoms with Gasteiger partial charge in [0.25, 0.3) is 0 Å². The third kappa shape index (κ3) is 1.36. The summed E-state index contributed by atoms with van der Waals surface area (Å²) >= 11 is 0. The van der Waals surface area contributed by atoms with Crippen LogP contribution in [0.3, 0.4) is 0 Å². The maximum absolute atomic E-state index is 4.46. The van der Waals surface area contributed by atoms with Gasteiger partial charge in [0, 0.05) is 30.8 Å². The lowest BCUT2D eigenvalue weighted by atomic mass is 9.95. The zero-order valence-corrected chi connectivity index (χ0v) is 9.71. The summed E-state index contributed by atoms with van der Waals surface area (Å²) < 4.78 is 2.34. The Morgan fingerprint density at radius 2 is 2.18 bits per heavy atom. The molecule has 0 saturated heterocycles. The molecule has 2 aliphatic carbocycles. The molecule has 2 heterocycles. The second-order valence-electron chi connectivity index (χ2n) is 5.34. The predicted octanol–water partition coefficient (Wildman–Crippen LogP) is 2.63. The van der Waals surface area contributed by atoms with Crippen LogP contribution in [0.5, 0.6) is 0 Å². The summed E-state index contributed by atoms with van der Waals surface area (Å²) in [4.78, 5) is 11.9. The highest BCUT2D eigenvalue weighted by Crippen LogP contribution is 2.51. The van der Waals surface area contributed by atoms with Gasteiger partial charge in [-0.2, -0.15) is 0 Å². The summed E-state index contributed by atoms with van der Waals surface area (Å²) in [6.45, 7) is 0. The second kappa shape index (κ2) is 3.45. The molecule has 1 N–H and O–H groups in total. The van der Waals surface area contributed by atoms with Crippen molar-refractivity contribution in [2.45, 2.75) is 31.7 Å². The van der Waals surface area contributed by atoms with E-state index in [2.05, 4.69) is 25.7 Å². The van der Waals surface area contributed by atoms with Crippen LogP contribution in [0, 0.1) is 11.8 Å². The number of aromatic amines is 1. The zero-order chi connectivity index (χ0) is 11.2. The number of hydrogen-bond acceptors (Lipinski definition) is 2. The molecule has 2 saturated carbocycles. The average Bonchev–Trinajstić information content (AvgIpc) is 3.12. The van der Waals surface area contributed by atoms with Crippen LogP contribution in [-0.4, -0.2) is 19.5 Å². The molecule has 4 heteroatoms. The fourth-order valence-electron chi connectivity index (χ4n) is 3.70. The smallest absolute Gasteiger partial charge is 0.176 e. The van der Waals surface area contributed by atoms with Gasteiger partial charge >= 0.3 is 0 Å². The van der Waals surface area contributed by atoms with E-state index in [-0.39, 0.29) is 0 Å². The standard InChI is InChI=1S/C13H16N4/c1-2-10-7-9(1)8-11(10)17-6-5-16-13(17)12-14-3-4-15-12/h3-6,9-11H,1-2,7-8H2,(H,14,15)/t9-,10+,11-/m1/s1. The molecule has 4 rings (SSSR count). The summed E-state index contributed by atoms with van der Waals surface area (Å²) in [6.07, 6.45) is 13.2. The van der Waals surface area contributed by atoms with Crippen LogP contribution in [0.4, 0.5) is 0 Å². The summed E-state index contributed by atoms with van der Waals surface area (Å²) in [5.74, 6) is 3.70. The zero-order valence-electron chi connectivity index (χ0n) is 9.71. The first-order chi connectivity index (χ1) is 8.42. The lowest BCUT2D eigenvalue weighted by molar-refractivity contribution is 0.331. The second-order valence-corrected chi connectivity index (χ2v) is 5.34. The largest absolute Gasteiger partial charge is 0.342 e. The molecule has 88 valence electrons. The highest BCUT2D eigenvalue weighted by atomic mass is 15.1. The number of fused-ring (bicyclic) bond motifs is 2. The van der Waals surface area contributed by atoms with Gasteiger partial charge in [-0.25, -0.2) is 9.97 Å². The SMILES string of the molecule is c1c[nH]c(-c2nccn2[C@@H]2C[C@@H]3CC[C@H]2C3)n1. The van der Waals surface area contributed by atoms with Gasteiger partial charge in [0.2, 0.25) is 0 Å². The Bertz CT molecular complexity index is 513. The number of nitrogens with one attached hydrogen (secondary N) is 1. The minimum absolute atomic E-state index is 0.649. The van der Waals surface area contributed by atoms with Crippen LogP contribution in [0.15, 0.2) is 24.8 Å². The minimum atomic E-state index is 0.649. The van der Waals surface area contributed by atoms with Gasteiger partial charge in [-0.1, -0.05) is 6.42 Å². The molecule has 4 nitrogen and oxygen atoms in total. The van der Waals surface area contributed by atoms with Crippen LogP contribution in [0.2, 0.25) is 0 Å². The highest BCUT2D eigenvalue weighted by Gasteiger charge is 2.41. The number of imidazole rings is 2. The quantitative estimate of drug-likeness (QED) is 0.858. The van der Waals surface area contributed by atoms with Crippen molar-refractivity contribution >= 4 is 0 Å². The Balaban J connectivity index is 1.73. The first-order valence-electron chi connectivity index (χ1n) is 6.44. The molecule has 0 spiro atoms. The number of H-pyrrole nitrogens is 1. The van der Waals surface area contributed by atoms with E-state index in [1.807, 2.05) is 12.4 Å². The Labute approximate surface area is 100 Å². The van der Waals surface area contributed by atoms with Crippen LogP contribution in [0.25, 0.3) is 11.6 Å². The monoisotopic (exact) mass is 228 g/mol. The molecule has 2 fully saturated rings. The number of hydrogen-bond donors (Lipinski definition) is 1. The molecular weight excluding hydrogens is 212 g/mol. The van der Waals surface area contributed by atoms with Gasteiger partial charge in [0.15, 0.2) is 11.6 Å². The third-order valence-electron chi connectivity index (χ3n) is 4.44. The fraction of sp³-hybridized carbons (Fsp3) is 0.538. The van der Waals surface area contributed by atoms with E-state index in [0.29, 0.717) is 6.04 Å². The molecule has 2 aliphatic rings. The Morgan fingerprint density at radius 1 is 1.18 bits per heavy atom. The molecule has 0 radical (unpaired) electrons. The summed E-state index contributed by atoms with van der Waals surface area (Å²) in [5.41, 5.74) is 0. The highest BCUT2D eigenvalue weighted by molar-refractivity contribution is 5.43. The van der Waals surface area contributed by atoms with Crippen molar-refractivity contribution in [2.24, 2.45) is 11.8 Å². The Kier molecular flexibility index (Phi) is 1.92. The van der Waals surface area contributed by atoms with Gasteiger partial charge in [-0.3, -0.25) is 0 Å². The van der Waals surface area contributed by atoms with Gasteiger partial charge in [0.05, 0.1) is 0 Å². The summed E-state index contributed by atoms with van der Waals surface area (Å²) in [6, 6.07) is 0.649. The van der Waals surface area contributed by atoms with Crippen LogP contribution in [0.1, 0.15) is 31.7 Å². The van der Waals surface area contributed by atoms with Crippen molar-refractivity contribution < 1.29 is 0 Å². The fourth-order valence-corrected chi connectivity index (χ4v) is 3.70. The molecule has 2 aromatic rings. The van der Waals surface area contributed by atoms with E-state index in [1.54, 1.807) is 6.20 Å². The molecule has 2 bridgehead atoms. The maximum atomic E-state index is 4.46. The van der Waals surface area contributed by atoms with Crippen molar-refractivity contribution in [3.8, 4) is 11.6 Å². The number of aromatic nitrogens is 4.